The molecule has 0 radical (unpaired) electrons. The van der Waals surface area contributed by atoms with Gasteiger partial charge in [-0.1, -0.05) is 74.7 Å². The Morgan fingerprint density at radius 2 is 1.74 bits per heavy atom. The van der Waals surface area contributed by atoms with E-state index in [2.05, 4.69) is 68.5 Å². The minimum absolute atomic E-state index is 0.0169. The van der Waals surface area contributed by atoms with Crippen LogP contribution >= 0.6 is 0 Å². The Hall–Kier alpha value is -2.16. The SMILES string of the molecule is C=C(CC(C)=NC(=NC)c1ccc(C)cc1)NC1(C(=C)CC)CCCCC1. The summed E-state index contributed by atoms with van der Waals surface area (Å²) in [6, 6.07) is 8.33. The summed E-state index contributed by atoms with van der Waals surface area (Å²) in [6.07, 6.45) is 7.87. The molecule has 0 bridgehead atoms. The molecule has 1 aromatic rings. The monoisotopic (exact) mass is 365 g/mol. The van der Waals surface area contributed by atoms with Crippen LogP contribution in [0.15, 0.2) is 58.7 Å². The third-order valence-electron chi connectivity index (χ3n) is 5.51. The third kappa shape index (κ3) is 5.66. The number of hydrogen-bond donors (Lipinski definition) is 1. The second kappa shape index (κ2) is 9.68. The van der Waals surface area contributed by atoms with Crippen molar-refractivity contribution < 1.29 is 0 Å². The summed E-state index contributed by atoms with van der Waals surface area (Å²) < 4.78 is 0. The van der Waals surface area contributed by atoms with E-state index in [9.17, 15) is 0 Å². The van der Waals surface area contributed by atoms with E-state index >= 15 is 0 Å². The Bertz CT molecular complexity index is 716. The molecule has 1 aliphatic rings. The number of hydrogen-bond acceptors (Lipinski definition) is 2. The smallest absolute Gasteiger partial charge is 0.154 e. The number of rotatable bonds is 7. The molecule has 3 nitrogen and oxygen atoms in total. The fraction of sp³-hybridized carbons (Fsp3) is 0.500. The first-order valence-electron chi connectivity index (χ1n) is 10.1. The van der Waals surface area contributed by atoms with Gasteiger partial charge in [-0.25, -0.2) is 4.99 Å². The highest BCUT2D eigenvalue weighted by molar-refractivity contribution is 6.06. The summed E-state index contributed by atoms with van der Waals surface area (Å²) >= 11 is 0. The van der Waals surface area contributed by atoms with E-state index in [0.29, 0.717) is 0 Å². The lowest BCUT2D eigenvalue weighted by atomic mass is 9.75. The predicted molar refractivity (Wildman–Crippen MR) is 119 cm³/mol. The van der Waals surface area contributed by atoms with Gasteiger partial charge >= 0.3 is 0 Å². The second-order valence-electron chi connectivity index (χ2n) is 7.77. The van der Waals surface area contributed by atoms with Gasteiger partial charge in [0.05, 0.1) is 5.54 Å². The van der Waals surface area contributed by atoms with Gasteiger partial charge in [-0.2, -0.15) is 0 Å². The highest BCUT2D eigenvalue weighted by Crippen LogP contribution is 2.35. The average Bonchev–Trinajstić information content (AvgIpc) is 2.66. The first-order valence-corrected chi connectivity index (χ1v) is 10.1. The fourth-order valence-electron chi connectivity index (χ4n) is 3.92. The van der Waals surface area contributed by atoms with Crippen molar-refractivity contribution in [3.8, 4) is 0 Å². The maximum absolute atomic E-state index is 4.76. The maximum atomic E-state index is 4.76. The Morgan fingerprint density at radius 3 is 2.30 bits per heavy atom. The number of nitrogens with zero attached hydrogens (tertiary/aromatic N) is 2. The lowest BCUT2D eigenvalue weighted by molar-refractivity contribution is 0.289. The van der Waals surface area contributed by atoms with Gasteiger partial charge in [-0.3, -0.25) is 4.99 Å². The lowest BCUT2D eigenvalue weighted by Crippen LogP contribution is -2.47. The van der Waals surface area contributed by atoms with Gasteiger partial charge in [0, 0.05) is 30.4 Å². The van der Waals surface area contributed by atoms with Crippen molar-refractivity contribution in [3.63, 3.8) is 0 Å². The van der Waals surface area contributed by atoms with Crippen LogP contribution in [0.5, 0.6) is 0 Å². The number of allylic oxidation sites excluding steroid dienone is 1. The zero-order valence-electron chi connectivity index (χ0n) is 17.6. The first kappa shape index (κ1) is 21.1. The molecule has 0 atom stereocenters. The zero-order valence-corrected chi connectivity index (χ0v) is 17.6. The molecule has 3 heteroatoms. The van der Waals surface area contributed by atoms with Crippen molar-refractivity contribution in [2.24, 2.45) is 9.98 Å². The molecule has 0 saturated heterocycles. The van der Waals surface area contributed by atoms with Crippen LogP contribution in [0.4, 0.5) is 0 Å². The van der Waals surface area contributed by atoms with Crippen LogP contribution in [0.25, 0.3) is 0 Å². The number of nitrogens with one attached hydrogen (secondary N) is 1. The molecule has 27 heavy (non-hydrogen) atoms. The van der Waals surface area contributed by atoms with E-state index in [1.807, 2.05) is 0 Å². The standard InChI is InChI=1S/C24H35N3/c1-7-19(3)24(15-9-8-10-16-24)27-21(5)17-20(4)26-23(25-6)22-13-11-18(2)12-14-22/h11-14,27H,3,5,7-10,15-17H2,1-2,4,6H3. The van der Waals surface area contributed by atoms with E-state index in [4.69, 9.17) is 4.99 Å². The van der Waals surface area contributed by atoms with Gasteiger partial charge in [-0.15, -0.1) is 0 Å². The van der Waals surface area contributed by atoms with E-state index in [1.54, 1.807) is 7.05 Å². The zero-order chi connectivity index (χ0) is 19.9. The number of aliphatic imine (C=N–C) groups is 2. The van der Waals surface area contributed by atoms with Crippen LogP contribution in [0.3, 0.4) is 0 Å². The molecule has 1 N–H and O–H groups in total. The van der Waals surface area contributed by atoms with Crippen molar-refractivity contribution >= 4 is 11.5 Å². The van der Waals surface area contributed by atoms with Crippen LogP contribution in [0.1, 0.15) is 69.9 Å². The highest BCUT2D eigenvalue weighted by atomic mass is 15.0. The summed E-state index contributed by atoms with van der Waals surface area (Å²) in [4.78, 5) is 9.13. The van der Waals surface area contributed by atoms with Crippen molar-refractivity contribution in [1.29, 1.82) is 0 Å². The average molecular weight is 366 g/mol. The van der Waals surface area contributed by atoms with Gasteiger partial charge in [-0.05, 0) is 33.1 Å². The molecule has 2 rings (SSSR count). The molecule has 0 heterocycles. The molecule has 0 unspecified atom stereocenters. The van der Waals surface area contributed by atoms with Crippen molar-refractivity contribution in [1.82, 2.24) is 5.32 Å². The van der Waals surface area contributed by atoms with Gasteiger partial charge in [0.15, 0.2) is 5.84 Å². The van der Waals surface area contributed by atoms with E-state index in [1.165, 1.54) is 30.4 Å². The van der Waals surface area contributed by atoms with E-state index in [0.717, 1.165) is 48.5 Å². The predicted octanol–water partition coefficient (Wildman–Crippen LogP) is 5.99. The number of amidine groups is 1. The minimum Gasteiger partial charge on any atom is -0.379 e. The third-order valence-corrected chi connectivity index (χ3v) is 5.51. The van der Waals surface area contributed by atoms with Crippen LogP contribution in [-0.4, -0.2) is 24.1 Å². The highest BCUT2D eigenvalue weighted by Gasteiger charge is 2.33. The molecule has 0 aliphatic heterocycles. The molecule has 146 valence electrons. The summed E-state index contributed by atoms with van der Waals surface area (Å²) in [7, 11) is 1.79. The Morgan fingerprint density at radius 1 is 1.11 bits per heavy atom. The number of aryl methyl sites for hydroxylation is 1. The molecule has 0 aromatic heterocycles. The van der Waals surface area contributed by atoms with Crippen LogP contribution < -0.4 is 5.32 Å². The molecule has 0 spiro atoms. The van der Waals surface area contributed by atoms with E-state index < -0.39 is 0 Å². The molecule has 0 amide bonds. The van der Waals surface area contributed by atoms with E-state index in [-0.39, 0.29) is 5.54 Å². The Labute approximate surface area is 165 Å². The molecular formula is C24H35N3. The molecule has 1 fully saturated rings. The quantitative estimate of drug-likeness (QED) is 0.359. The van der Waals surface area contributed by atoms with Gasteiger partial charge in [0.2, 0.25) is 0 Å². The maximum Gasteiger partial charge on any atom is 0.154 e. The Kier molecular flexibility index (Phi) is 7.58. The normalized spacial score (nSPS) is 17.5. The lowest BCUT2D eigenvalue weighted by Gasteiger charge is -2.41. The minimum atomic E-state index is 0.0169. The first-order chi connectivity index (χ1) is 12.9. The summed E-state index contributed by atoms with van der Waals surface area (Å²) in [5.41, 5.74) is 5.64. The van der Waals surface area contributed by atoms with Gasteiger partial charge in [0.25, 0.3) is 0 Å². The summed E-state index contributed by atoms with van der Waals surface area (Å²) in [5, 5.41) is 3.74. The summed E-state index contributed by atoms with van der Waals surface area (Å²) in [6.45, 7) is 15.0. The van der Waals surface area contributed by atoms with Crippen LogP contribution in [-0.2, 0) is 0 Å². The number of benzene rings is 1. The van der Waals surface area contributed by atoms with Gasteiger partial charge < -0.3 is 5.32 Å². The molecule has 1 aromatic carbocycles. The van der Waals surface area contributed by atoms with Crippen molar-refractivity contribution in [2.45, 2.75) is 71.3 Å². The van der Waals surface area contributed by atoms with Crippen molar-refractivity contribution in [3.05, 3.63) is 59.8 Å². The molecular weight excluding hydrogens is 330 g/mol. The molecule has 1 aliphatic carbocycles. The van der Waals surface area contributed by atoms with Crippen LogP contribution in [0, 0.1) is 6.92 Å². The fourth-order valence-corrected chi connectivity index (χ4v) is 3.92. The summed E-state index contributed by atoms with van der Waals surface area (Å²) in [5.74, 6) is 0.769. The largest absolute Gasteiger partial charge is 0.379 e. The molecule has 1 saturated carbocycles. The second-order valence-corrected chi connectivity index (χ2v) is 7.77. The van der Waals surface area contributed by atoms with Crippen LogP contribution in [0.2, 0.25) is 0 Å². The Balaban J connectivity index is 2.07. The topological polar surface area (TPSA) is 36.8 Å². The van der Waals surface area contributed by atoms with Gasteiger partial charge in [0.1, 0.15) is 0 Å². The van der Waals surface area contributed by atoms with Crippen molar-refractivity contribution in [2.75, 3.05) is 7.05 Å².